The van der Waals surface area contributed by atoms with Crippen LogP contribution in [0.4, 0.5) is 11.4 Å². The topological polar surface area (TPSA) is 156 Å². The van der Waals surface area contributed by atoms with E-state index in [0.717, 1.165) is 29.5 Å². The number of nitro groups is 2. The third-order valence-corrected chi connectivity index (χ3v) is 5.29. The van der Waals surface area contributed by atoms with Gasteiger partial charge in [-0.05, 0) is 19.1 Å². The second kappa shape index (κ2) is 9.34. The van der Waals surface area contributed by atoms with Crippen LogP contribution in [-0.2, 0) is 16.1 Å². The molecule has 0 fully saturated rings. The van der Waals surface area contributed by atoms with E-state index in [4.69, 9.17) is 9.47 Å². The molecular formula is C19H16N4O8S. The van der Waals surface area contributed by atoms with E-state index < -0.39 is 33.1 Å². The smallest absolute Gasteiger partial charge is 0.325 e. The molecule has 0 bridgehead atoms. The molecule has 32 heavy (non-hydrogen) atoms. The van der Waals surface area contributed by atoms with E-state index >= 15 is 0 Å². The summed E-state index contributed by atoms with van der Waals surface area (Å²) >= 11 is 1.08. The molecule has 0 saturated carbocycles. The Labute approximate surface area is 183 Å². The fourth-order valence-electron chi connectivity index (χ4n) is 2.88. The maximum atomic E-state index is 12.8. The first-order valence-electron chi connectivity index (χ1n) is 9.10. The number of hydrogen-bond donors (Lipinski definition) is 0. The van der Waals surface area contributed by atoms with Gasteiger partial charge in [-0.25, -0.2) is 0 Å². The van der Waals surface area contributed by atoms with Gasteiger partial charge in [-0.3, -0.25) is 29.8 Å². The minimum Gasteiger partial charge on any atom is -0.492 e. The van der Waals surface area contributed by atoms with Gasteiger partial charge in [0.05, 0.1) is 39.9 Å². The van der Waals surface area contributed by atoms with Gasteiger partial charge in [0.15, 0.2) is 4.80 Å². The number of thiazole rings is 1. The second-order valence-corrected chi connectivity index (χ2v) is 7.26. The van der Waals surface area contributed by atoms with Gasteiger partial charge in [0, 0.05) is 12.1 Å². The molecule has 0 saturated heterocycles. The van der Waals surface area contributed by atoms with Crippen molar-refractivity contribution in [1.82, 2.24) is 4.57 Å². The number of hydrogen-bond acceptors (Lipinski definition) is 9. The van der Waals surface area contributed by atoms with Crippen LogP contribution in [0.3, 0.4) is 0 Å². The third-order valence-electron chi connectivity index (χ3n) is 4.25. The Morgan fingerprint density at radius 2 is 1.78 bits per heavy atom. The zero-order valence-corrected chi connectivity index (χ0v) is 17.7. The molecule has 1 heterocycles. The molecule has 12 nitrogen and oxygen atoms in total. The van der Waals surface area contributed by atoms with Gasteiger partial charge in [0.2, 0.25) is 0 Å². The van der Waals surface area contributed by atoms with E-state index in [1.165, 1.54) is 11.7 Å². The van der Waals surface area contributed by atoms with Crippen LogP contribution in [0.5, 0.6) is 5.75 Å². The molecule has 0 atom stereocenters. The molecule has 3 rings (SSSR count). The minimum atomic E-state index is -0.945. The van der Waals surface area contributed by atoms with Gasteiger partial charge in [-0.2, -0.15) is 4.99 Å². The zero-order valence-electron chi connectivity index (χ0n) is 16.8. The number of non-ortho nitro benzene ring substituents is 2. The second-order valence-electron chi connectivity index (χ2n) is 6.25. The fraction of sp³-hybridized carbons (Fsp3) is 0.211. The lowest BCUT2D eigenvalue weighted by Gasteiger charge is -2.08. The summed E-state index contributed by atoms with van der Waals surface area (Å²) in [6.45, 7) is 1.87. The maximum Gasteiger partial charge on any atom is 0.325 e. The van der Waals surface area contributed by atoms with Crippen molar-refractivity contribution in [2.75, 3.05) is 13.7 Å². The molecule has 2 aromatic carbocycles. The first-order valence-corrected chi connectivity index (χ1v) is 9.91. The first kappa shape index (κ1) is 22.6. The van der Waals surface area contributed by atoms with Gasteiger partial charge >= 0.3 is 5.97 Å². The number of para-hydroxylation sites is 1. The van der Waals surface area contributed by atoms with E-state index in [2.05, 4.69) is 4.99 Å². The zero-order chi connectivity index (χ0) is 23.4. The summed E-state index contributed by atoms with van der Waals surface area (Å²) in [4.78, 5) is 49.4. The number of amides is 1. The van der Waals surface area contributed by atoms with E-state index in [0.29, 0.717) is 22.6 Å². The van der Waals surface area contributed by atoms with Crippen molar-refractivity contribution in [2.45, 2.75) is 13.5 Å². The number of methoxy groups -OCH3 is 1. The molecule has 0 aliphatic heterocycles. The van der Waals surface area contributed by atoms with Crippen molar-refractivity contribution in [3.63, 3.8) is 0 Å². The summed E-state index contributed by atoms with van der Waals surface area (Å²) in [6, 6.07) is 7.74. The Hall–Kier alpha value is -4.13. The normalized spacial score (nSPS) is 11.4. The van der Waals surface area contributed by atoms with Crippen LogP contribution in [-0.4, -0.2) is 40.0 Å². The molecule has 0 aliphatic carbocycles. The van der Waals surface area contributed by atoms with Gasteiger partial charge in [0.1, 0.15) is 17.8 Å². The largest absolute Gasteiger partial charge is 0.492 e. The predicted octanol–water partition coefficient (Wildman–Crippen LogP) is 2.83. The molecule has 166 valence electrons. The number of rotatable bonds is 7. The van der Waals surface area contributed by atoms with Crippen molar-refractivity contribution in [2.24, 2.45) is 4.99 Å². The number of ether oxygens (including phenoxy) is 2. The number of aromatic nitrogens is 1. The van der Waals surface area contributed by atoms with Crippen LogP contribution in [0, 0.1) is 20.2 Å². The number of nitrogens with zero attached hydrogens (tertiary/aromatic N) is 4. The predicted molar refractivity (Wildman–Crippen MR) is 113 cm³/mol. The highest BCUT2D eigenvalue weighted by Crippen LogP contribution is 2.28. The van der Waals surface area contributed by atoms with Gasteiger partial charge in [-0.15, -0.1) is 0 Å². The van der Waals surface area contributed by atoms with E-state index in [9.17, 15) is 29.8 Å². The van der Waals surface area contributed by atoms with Crippen LogP contribution in [0.25, 0.3) is 10.2 Å². The SMILES string of the molecule is CCOc1cccc2sc(=NC(=O)c3cc([N+](=O)[O-])cc([N+](=O)[O-])c3)n(CC(=O)OC)c12. The molecule has 0 aliphatic rings. The summed E-state index contributed by atoms with van der Waals surface area (Å²) < 4.78 is 12.4. The molecule has 0 N–H and O–H groups in total. The van der Waals surface area contributed by atoms with E-state index in [-0.39, 0.29) is 16.9 Å². The molecule has 13 heteroatoms. The first-order chi connectivity index (χ1) is 15.2. The van der Waals surface area contributed by atoms with Crippen LogP contribution >= 0.6 is 11.3 Å². The highest BCUT2D eigenvalue weighted by Gasteiger charge is 2.21. The van der Waals surface area contributed by atoms with Crippen molar-refractivity contribution < 1.29 is 28.9 Å². The summed E-state index contributed by atoms with van der Waals surface area (Å²) in [5.74, 6) is -1.08. The average Bonchev–Trinajstić information content (AvgIpc) is 3.11. The highest BCUT2D eigenvalue weighted by atomic mass is 32.1. The molecule has 0 unspecified atom stereocenters. The van der Waals surface area contributed by atoms with Gasteiger partial charge in [-0.1, -0.05) is 17.4 Å². The molecule has 1 amide bonds. The lowest BCUT2D eigenvalue weighted by atomic mass is 10.1. The lowest BCUT2D eigenvalue weighted by Crippen LogP contribution is -2.22. The van der Waals surface area contributed by atoms with Gasteiger partial charge < -0.3 is 14.0 Å². The Balaban J connectivity index is 2.21. The average molecular weight is 460 g/mol. The Bertz CT molecular complexity index is 1280. The Morgan fingerprint density at radius 3 is 2.34 bits per heavy atom. The molecule has 0 spiro atoms. The third kappa shape index (κ3) is 4.62. The number of fused-ring (bicyclic) bond motifs is 1. The Morgan fingerprint density at radius 1 is 1.12 bits per heavy atom. The van der Waals surface area contributed by atoms with E-state index in [1.807, 2.05) is 0 Å². The van der Waals surface area contributed by atoms with Crippen LogP contribution < -0.4 is 9.54 Å². The van der Waals surface area contributed by atoms with Gasteiger partial charge in [0.25, 0.3) is 17.3 Å². The van der Waals surface area contributed by atoms with Crippen molar-refractivity contribution in [1.29, 1.82) is 0 Å². The number of esters is 1. The summed E-state index contributed by atoms with van der Waals surface area (Å²) in [6.07, 6.45) is 0. The molecular weight excluding hydrogens is 444 g/mol. The maximum absolute atomic E-state index is 12.8. The molecule has 0 radical (unpaired) electrons. The fourth-order valence-corrected chi connectivity index (χ4v) is 3.92. The van der Waals surface area contributed by atoms with Crippen LogP contribution in [0.2, 0.25) is 0 Å². The molecule has 1 aromatic heterocycles. The number of benzene rings is 2. The van der Waals surface area contributed by atoms with E-state index in [1.54, 1.807) is 25.1 Å². The van der Waals surface area contributed by atoms with Crippen molar-refractivity contribution >= 4 is 44.8 Å². The number of carbonyl (C=O) groups excluding carboxylic acids is 2. The van der Waals surface area contributed by atoms with Crippen molar-refractivity contribution in [3.8, 4) is 5.75 Å². The number of carbonyl (C=O) groups is 2. The number of nitro benzene ring substituents is 2. The quantitative estimate of drug-likeness (QED) is 0.296. The monoisotopic (exact) mass is 460 g/mol. The summed E-state index contributed by atoms with van der Waals surface area (Å²) in [5, 5.41) is 22.2. The van der Waals surface area contributed by atoms with Crippen LogP contribution in [0.1, 0.15) is 17.3 Å². The summed E-state index contributed by atoms with van der Waals surface area (Å²) in [7, 11) is 1.21. The molecule has 3 aromatic rings. The standard InChI is InChI=1S/C19H16N4O8S/c1-3-31-14-5-4-6-15-17(14)21(10-16(24)30-2)19(32-15)20-18(25)11-7-12(22(26)27)9-13(8-11)23(28)29/h4-9H,3,10H2,1-2H3. The van der Waals surface area contributed by atoms with Crippen molar-refractivity contribution in [3.05, 3.63) is 67.0 Å². The highest BCUT2D eigenvalue weighted by molar-refractivity contribution is 7.16. The van der Waals surface area contributed by atoms with Crippen LogP contribution in [0.15, 0.2) is 41.4 Å². The lowest BCUT2D eigenvalue weighted by molar-refractivity contribution is -0.394. The Kier molecular flexibility index (Phi) is 6.59. The minimum absolute atomic E-state index is 0.0942. The summed E-state index contributed by atoms with van der Waals surface area (Å²) in [5.41, 5.74) is -1.05.